The Kier molecular flexibility index (Phi) is 6.55. The largest absolute Gasteiger partial charge is 0.376 e. The molecule has 0 bridgehead atoms. The van der Waals surface area contributed by atoms with E-state index in [9.17, 15) is 5.26 Å². The van der Waals surface area contributed by atoms with Gasteiger partial charge in [0.15, 0.2) is 0 Å². The van der Waals surface area contributed by atoms with Crippen molar-refractivity contribution in [3.8, 4) is 6.07 Å². The molecule has 0 aromatic heterocycles. The quantitative estimate of drug-likeness (QED) is 0.748. The molecule has 0 spiro atoms. The molecule has 0 aliphatic heterocycles. The van der Waals surface area contributed by atoms with Gasteiger partial charge in [0.25, 0.3) is 0 Å². The van der Waals surface area contributed by atoms with E-state index >= 15 is 0 Å². The maximum atomic E-state index is 9.23. The molecule has 0 radical (unpaired) electrons. The van der Waals surface area contributed by atoms with Gasteiger partial charge < -0.3 is 10.6 Å². The number of hydrogen-bond acceptors (Lipinski definition) is 3. The lowest BCUT2D eigenvalue weighted by atomic mass is 10.0. The number of nitrogens with one attached hydrogen (secondary N) is 2. The second-order valence-electron chi connectivity index (χ2n) is 4.98. The number of nitrogens with zero attached hydrogens (tertiary/aromatic N) is 1. The van der Waals surface area contributed by atoms with Crippen LogP contribution >= 0.6 is 0 Å². The third-order valence-electron chi connectivity index (χ3n) is 3.25. The van der Waals surface area contributed by atoms with Crippen LogP contribution in [0.4, 0.5) is 0 Å². The van der Waals surface area contributed by atoms with E-state index in [1.54, 1.807) is 0 Å². The zero-order valence-electron chi connectivity index (χ0n) is 12.5. The summed E-state index contributed by atoms with van der Waals surface area (Å²) in [4.78, 5) is 0. The summed E-state index contributed by atoms with van der Waals surface area (Å²) in [5, 5.41) is 15.6. The molecule has 1 unspecified atom stereocenters. The lowest BCUT2D eigenvalue weighted by Crippen LogP contribution is -2.27. The molecule has 0 amide bonds. The van der Waals surface area contributed by atoms with Crippen LogP contribution in [0.3, 0.4) is 0 Å². The van der Waals surface area contributed by atoms with E-state index in [2.05, 4.69) is 30.2 Å². The molecule has 2 N–H and O–H groups in total. The molecule has 0 fully saturated rings. The van der Waals surface area contributed by atoms with Gasteiger partial charge in [-0.1, -0.05) is 37.8 Å². The van der Waals surface area contributed by atoms with Crippen molar-refractivity contribution in [1.82, 2.24) is 10.6 Å². The van der Waals surface area contributed by atoms with Crippen LogP contribution in [-0.4, -0.2) is 20.1 Å². The lowest BCUT2D eigenvalue weighted by Gasteiger charge is -2.12. The number of nitriles is 1. The van der Waals surface area contributed by atoms with Crippen LogP contribution < -0.4 is 10.6 Å². The molecule has 0 aliphatic rings. The van der Waals surface area contributed by atoms with Crippen LogP contribution in [0.2, 0.25) is 0 Å². The second kappa shape index (κ2) is 8.19. The first-order valence-corrected chi connectivity index (χ1v) is 6.84. The minimum atomic E-state index is 0.470. The van der Waals surface area contributed by atoms with Crippen molar-refractivity contribution >= 4 is 12.2 Å². The Morgan fingerprint density at radius 3 is 2.70 bits per heavy atom. The predicted octanol–water partition coefficient (Wildman–Crippen LogP) is 2.95. The third kappa shape index (κ3) is 4.56. The van der Waals surface area contributed by atoms with Gasteiger partial charge in [-0.05, 0) is 49.2 Å². The normalized spacial score (nSPS) is 12.6. The van der Waals surface area contributed by atoms with Gasteiger partial charge in [-0.3, -0.25) is 0 Å². The first-order valence-electron chi connectivity index (χ1n) is 6.84. The van der Waals surface area contributed by atoms with Gasteiger partial charge in [0.1, 0.15) is 11.8 Å². The molecule has 0 saturated heterocycles. The Morgan fingerprint density at radius 2 is 2.10 bits per heavy atom. The van der Waals surface area contributed by atoms with Gasteiger partial charge in [-0.2, -0.15) is 5.26 Å². The van der Waals surface area contributed by atoms with Crippen molar-refractivity contribution in [1.29, 1.82) is 5.26 Å². The van der Waals surface area contributed by atoms with Crippen LogP contribution in [0, 0.1) is 24.2 Å². The van der Waals surface area contributed by atoms with Crippen molar-refractivity contribution in [3.05, 3.63) is 47.2 Å². The van der Waals surface area contributed by atoms with Gasteiger partial charge in [0.2, 0.25) is 0 Å². The first-order chi connectivity index (χ1) is 9.62. The molecule has 1 rings (SSSR count). The van der Waals surface area contributed by atoms with E-state index in [1.165, 1.54) is 0 Å². The fraction of sp³-hybridized carbons (Fsp3) is 0.353. The summed E-state index contributed by atoms with van der Waals surface area (Å²) in [6.07, 6.45) is 3.73. The zero-order chi connectivity index (χ0) is 15.0. The molecule has 20 heavy (non-hydrogen) atoms. The van der Waals surface area contributed by atoms with Crippen molar-refractivity contribution in [2.45, 2.75) is 13.8 Å². The summed E-state index contributed by atoms with van der Waals surface area (Å²) in [6, 6.07) is 8.23. The van der Waals surface area contributed by atoms with E-state index in [1.807, 2.05) is 44.3 Å². The first kappa shape index (κ1) is 16.0. The summed E-state index contributed by atoms with van der Waals surface area (Å²) < 4.78 is 0. The van der Waals surface area contributed by atoms with Crippen LogP contribution in [-0.2, 0) is 0 Å². The van der Waals surface area contributed by atoms with Crippen molar-refractivity contribution in [3.63, 3.8) is 0 Å². The molecular formula is C17H23N3. The van der Waals surface area contributed by atoms with E-state index in [0.29, 0.717) is 11.6 Å². The van der Waals surface area contributed by atoms with Crippen molar-refractivity contribution < 1.29 is 0 Å². The van der Waals surface area contributed by atoms with Gasteiger partial charge in [-0.25, -0.2) is 0 Å². The molecule has 0 heterocycles. The highest BCUT2D eigenvalue weighted by atomic mass is 14.9. The standard InChI is InChI=1S/C17H23N3/c1-5-15-7-6-8-16(14(15)3)9-17(10-18)20-12-13(2)11-19-4/h5-9,13,19-20H,1,11-12H2,2-4H3/b17-9-. The van der Waals surface area contributed by atoms with E-state index in [0.717, 1.165) is 29.8 Å². The minimum Gasteiger partial charge on any atom is -0.376 e. The van der Waals surface area contributed by atoms with E-state index in [-0.39, 0.29) is 0 Å². The highest BCUT2D eigenvalue weighted by Crippen LogP contribution is 2.17. The van der Waals surface area contributed by atoms with Crippen molar-refractivity contribution in [2.24, 2.45) is 5.92 Å². The average Bonchev–Trinajstić information content (AvgIpc) is 2.45. The second-order valence-corrected chi connectivity index (χ2v) is 4.98. The van der Waals surface area contributed by atoms with Gasteiger partial charge in [0, 0.05) is 6.54 Å². The SMILES string of the molecule is C=Cc1cccc(/C=C(/C#N)NCC(C)CNC)c1C. The number of allylic oxidation sites excluding steroid dienone is 1. The molecule has 0 saturated carbocycles. The predicted molar refractivity (Wildman–Crippen MR) is 86.0 cm³/mol. The molecule has 3 heteroatoms. The zero-order valence-corrected chi connectivity index (χ0v) is 12.5. The molecule has 1 atom stereocenters. The number of rotatable bonds is 7. The minimum absolute atomic E-state index is 0.470. The van der Waals surface area contributed by atoms with Gasteiger partial charge in [0.05, 0.1) is 0 Å². The summed E-state index contributed by atoms with van der Waals surface area (Å²) in [5.74, 6) is 0.470. The Morgan fingerprint density at radius 1 is 1.40 bits per heavy atom. The number of hydrogen-bond donors (Lipinski definition) is 2. The number of benzene rings is 1. The average molecular weight is 269 g/mol. The molecule has 106 valence electrons. The fourth-order valence-corrected chi connectivity index (χ4v) is 2.03. The molecule has 0 aliphatic carbocycles. The smallest absolute Gasteiger partial charge is 0.117 e. The summed E-state index contributed by atoms with van der Waals surface area (Å²) in [7, 11) is 1.93. The van der Waals surface area contributed by atoms with Crippen LogP contribution in [0.1, 0.15) is 23.6 Å². The Balaban J connectivity index is 2.85. The Bertz CT molecular complexity index is 524. The molecule has 1 aromatic carbocycles. The Hall–Kier alpha value is -2.05. The lowest BCUT2D eigenvalue weighted by molar-refractivity contribution is 0.521. The summed E-state index contributed by atoms with van der Waals surface area (Å²) in [5.41, 5.74) is 3.88. The fourth-order valence-electron chi connectivity index (χ4n) is 2.03. The summed E-state index contributed by atoms with van der Waals surface area (Å²) in [6.45, 7) is 9.69. The Labute approximate surface area is 122 Å². The molecular weight excluding hydrogens is 246 g/mol. The topological polar surface area (TPSA) is 47.9 Å². The molecule has 1 aromatic rings. The van der Waals surface area contributed by atoms with Crippen LogP contribution in [0.5, 0.6) is 0 Å². The van der Waals surface area contributed by atoms with E-state index < -0.39 is 0 Å². The van der Waals surface area contributed by atoms with Crippen molar-refractivity contribution in [2.75, 3.05) is 20.1 Å². The summed E-state index contributed by atoms with van der Waals surface area (Å²) >= 11 is 0. The van der Waals surface area contributed by atoms with Gasteiger partial charge in [-0.15, -0.1) is 0 Å². The maximum absolute atomic E-state index is 9.23. The molecule has 3 nitrogen and oxygen atoms in total. The van der Waals surface area contributed by atoms with Gasteiger partial charge >= 0.3 is 0 Å². The third-order valence-corrected chi connectivity index (χ3v) is 3.25. The van der Waals surface area contributed by atoms with E-state index in [4.69, 9.17) is 0 Å². The maximum Gasteiger partial charge on any atom is 0.117 e. The van der Waals surface area contributed by atoms with Crippen LogP contribution in [0.15, 0.2) is 30.5 Å². The van der Waals surface area contributed by atoms with Crippen LogP contribution in [0.25, 0.3) is 12.2 Å². The highest BCUT2D eigenvalue weighted by molar-refractivity contribution is 5.65. The highest BCUT2D eigenvalue weighted by Gasteiger charge is 2.04. The monoisotopic (exact) mass is 269 g/mol.